The summed E-state index contributed by atoms with van der Waals surface area (Å²) < 4.78 is 10.4. The van der Waals surface area contributed by atoms with Gasteiger partial charge in [-0.15, -0.1) is 0 Å². The zero-order valence-corrected chi connectivity index (χ0v) is 15.9. The van der Waals surface area contributed by atoms with Gasteiger partial charge in [0, 0.05) is 10.7 Å². The fourth-order valence-corrected chi connectivity index (χ4v) is 2.91. The predicted molar refractivity (Wildman–Crippen MR) is 100 cm³/mol. The molecule has 6 nitrogen and oxygen atoms in total. The molecule has 0 fully saturated rings. The summed E-state index contributed by atoms with van der Waals surface area (Å²) in [5.41, 5.74) is 2.15. The molecule has 1 amide bonds. The van der Waals surface area contributed by atoms with Crippen LogP contribution in [0.3, 0.4) is 0 Å². The number of carbonyl (C=O) groups is 2. The fourth-order valence-electron chi connectivity index (χ4n) is 2.73. The molecule has 140 valence electrons. The minimum atomic E-state index is -0.439. The van der Waals surface area contributed by atoms with E-state index in [0.29, 0.717) is 52.9 Å². The lowest BCUT2D eigenvalue weighted by atomic mass is 10.0. The molecule has 0 saturated carbocycles. The van der Waals surface area contributed by atoms with Crippen molar-refractivity contribution in [2.24, 2.45) is 0 Å². The first-order valence-electron chi connectivity index (χ1n) is 8.44. The van der Waals surface area contributed by atoms with Gasteiger partial charge < -0.3 is 19.8 Å². The van der Waals surface area contributed by atoms with E-state index in [0.717, 1.165) is 6.42 Å². The van der Waals surface area contributed by atoms with E-state index in [-0.39, 0.29) is 5.91 Å². The Hall–Kier alpha value is -2.47. The zero-order valence-electron chi connectivity index (χ0n) is 15.1. The van der Waals surface area contributed by atoms with Crippen molar-refractivity contribution in [3.05, 3.63) is 51.8 Å². The van der Waals surface area contributed by atoms with E-state index >= 15 is 0 Å². The minimum Gasteiger partial charge on any atom is -0.492 e. The molecule has 2 rings (SSSR count). The maximum atomic E-state index is 12.5. The average Bonchev–Trinajstić information content (AvgIpc) is 2.94. The summed E-state index contributed by atoms with van der Waals surface area (Å²) in [7, 11) is 1.33. The number of amides is 1. The molecule has 0 unspecified atom stereocenters. The van der Waals surface area contributed by atoms with Crippen LogP contribution in [-0.4, -0.2) is 37.1 Å². The molecule has 0 aliphatic rings. The first-order chi connectivity index (χ1) is 12.5. The second-order valence-electron chi connectivity index (χ2n) is 5.78. The summed E-state index contributed by atoms with van der Waals surface area (Å²) in [4.78, 5) is 27.5. The van der Waals surface area contributed by atoms with Crippen LogP contribution in [0.4, 0.5) is 0 Å². The van der Waals surface area contributed by atoms with Crippen LogP contribution in [0.2, 0.25) is 5.02 Å². The number of ether oxygens (including phenoxy) is 2. The summed E-state index contributed by atoms with van der Waals surface area (Å²) in [6.07, 6.45) is 1.41. The number of esters is 1. The highest BCUT2D eigenvalue weighted by atomic mass is 35.5. The molecule has 26 heavy (non-hydrogen) atoms. The lowest BCUT2D eigenvalue weighted by Crippen LogP contribution is -2.29. The minimum absolute atomic E-state index is 0.276. The molecule has 2 aromatic rings. The molecule has 0 spiro atoms. The SMILES string of the molecule is CCCc1c(C(=O)NCCOc2cccc(Cl)c2)[nH]c(C)c1C(=O)OC. The number of aryl methyl sites for hydroxylation is 1. The van der Waals surface area contributed by atoms with Gasteiger partial charge in [0.2, 0.25) is 0 Å². The van der Waals surface area contributed by atoms with Crippen LogP contribution < -0.4 is 10.1 Å². The number of hydrogen-bond donors (Lipinski definition) is 2. The van der Waals surface area contributed by atoms with E-state index in [9.17, 15) is 9.59 Å². The van der Waals surface area contributed by atoms with Gasteiger partial charge in [-0.1, -0.05) is 31.0 Å². The second kappa shape index (κ2) is 9.29. The monoisotopic (exact) mass is 378 g/mol. The van der Waals surface area contributed by atoms with E-state index in [1.54, 1.807) is 31.2 Å². The normalized spacial score (nSPS) is 10.5. The molecule has 1 aromatic carbocycles. The Labute approximate surface area is 157 Å². The van der Waals surface area contributed by atoms with Crippen LogP contribution in [-0.2, 0) is 11.2 Å². The zero-order chi connectivity index (χ0) is 19.1. The van der Waals surface area contributed by atoms with Crippen molar-refractivity contribution in [3.63, 3.8) is 0 Å². The topological polar surface area (TPSA) is 80.4 Å². The molecule has 0 saturated heterocycles. The molecular weight excluding hydrogens is 356 g/mol. The maximum absolute atomic E-state index is 12.5. The predicted octanol–water partition coefficient (Wildman–Crippen LogP) is 3.52. The number of hydrogen-bond acceptors (Lipinski definition) is 4. The Balaban J connectivity index is 2.01. The van der Waals surface area contributed by atoms with Gasteiger partial charge in [-0.3, -0.25) is 4.79 Å². The maximum Gasteiger partial charge on any atom is 0.339 e. The number of methoxy groups -OCH3 is 1. The van der Waals surface area contributed by atoms with Crippen LogP contribution in [0, 0.1) is 6.92 Å². The van der Waals surface area contributed by atoms with Crippen molar-refractivity contribution >= 4 is 23.5 Å². The Morgan fingerprint density at radius 1 is 1.31 bits per heavy atom. The third-order valence-corrected chi connectivity index (χ3v) is 4.10. The van der Waals surface area contributed by atoms with Crippen LogP contribution in [0.15, 0.2) is 24.3 Å². The summed E-state index contributed by atoms with van der Waals surface area (Å²) in [5, 5.41) is 3.39. The summed E-state index contributed by atoms with van der Waals surface area (Å²) >= 11 is 5.90. The summed E-state index contributed by atoms with van der Waals surface area (Å²) in [6, 6.07) is 7.06. The molecule has 0 aliphatic heterocycles. The van der Waals surface area contributed by atoms with Gasteiger partial charge in [-0.25, -0.2) is 4.79 Å². The van der Waals surface area contributed by atoms with Crippen molar-refractivity contribution in [3.8, 4) is 5.75 Å². The van der Waals surface area contributed by atoms with Crippen molar-refractivity contribution in [1.29, 1.82) is 0 Å². The van der Waals surface area contributed by atoms with Crippen LogP contribution in [0.25, 0.3) is 0 Å². The molecule has 0 radical (unpaired) electrons. The lowest BCUT2D eigenvalue weighted by Gasteiger charge is -2.09. The molecule has 1 heterocycles. The Morgan fingerprint density at radius 2 is 2.08 bits per heavy atom. The van der Waals surface area contributed by atoms with Gasteiger partial charge in [-0.05, 0) is 37.1 Å². The Kier molecular flexibility index (Phi) is 7.09. The fraction of sp³-hybridized carbons (Fsp3) is 0.368. The first kappa shape index (κ1) is 19.8. The highest BCUT2D eigenvalue weighted by Crippen LogP contribution is 2.22. The Morgan fingerprint density at radius 3 is 2.73 bits per heavy atom. The molecular formula is C19H23ClN2O4. The molecule has 2 N–H and O–H groups in total. The van der Waals surface area contributed by atoms with Crippen molar-refractivity contribution in [1.82, 2.24) is 10.3 Å². The molecule has 0 atom stereocenters. The quantitative estimate of drug-likeness (QED) is 0.544. The number of H-pyrrole nitrogens is 1. The third-order valence-electron chi connectivity index (χ3n) is 3.86. The van der Waals surface area contributed by atoms with Crippen molar-refractivity contribution in [2.45, 2.75) is 26.7 Å². The van der Waals surface area contributed by atoms with E-state index in [4.69, 9.17) is 21.1 Å². The largest absolute Gasteiger partial charge is 0.492 e. The molecule has 7 heteroatoms. The standard InChI is InChI=1S/C19H23ClN2O4/c1-4-6-15-16(19(24)25-3)12(2)22-17(15)18(23)21-9-10-26-14-8-5-7-13(20)11-14/h5,7-8,11,22H,4,6,9-10H2,1-3H3,(H,21,23). The third kappa shape index (κ3) is 4.79. The van der Waals surface area contributed by atoms with Crippen LogP contribution in [0.1, 0.15) is 45.4 Å². The van der Waals surface area contributed by atoms with Gasteiger partial charge >= 0.3 is 5.97 Å². The second-order valence-corrected chi connectivity index (χ2v) is 6.22. The number of rotatable bonds is 8. The van der Waals surface area contributed by atoms with Gasteiger partial charge in [0.1, 0.15) is 18.1 Å². The van der Waals surface area contributed by atoms with E-state index in [1.165, 1.54) is 7.11 Å². The van der Waals surface area contributed by atoms with Gasteiger partial charge in [0.05, 0.1) is 19.2 Å². The number of benzene rings is 1. The Bertz CT molecular complexity index is 786. The highest BCUT2D eigenvalue weighted by Gasteiger charge is 2.24. The van der Waals surface area contributed by atoms with Crippen LogP contribution in [0.5, 0.6) is 5.75 Å². The summed E-state index contributed by atoms with van der Waals surface area (Å²) in [6.45, 7) is 4.37. The number of halogens is 1. The number of nitrogens with one attached hydrogen (secondary N) is 2. The van der Waals surface area contributed by atoms with Gasteiger partial charge in [-0.2, -0.15) is 0 Å². The highest BCUT2D eigenvalue weighted by molar-refractivity contribution is 6.30. The molecule has 1 aromatic heterocycles. The number of carbonyl (C=O) groups excluding carboxylic acids is 2. The molecule has 0 aliphatic carbocycles. The van der Waals surface area contributed by atoms with Gasteiger partial charge in [0.15, 0.2) is 0 Å². The van der Waals surface area contributed by atoms with Crippen LogP contribution >= 0.6 is 11.6 Å². The van der Waals surface area contributed by atoms with E-state index in [2.05, 4.69) is 10.3 Å². The molecule has 0 bridgehead atoms. The average molecular weight is 379 g/mol. The van der Waals surface area contributed by atoms with E-state index in [1.807, 2.05) is 6.92 Å². The first-order valence-corrected chi connectivity index (χ1v) is 8.82. The number of aromatic nitrogens is 1. The van der Waals surface area contributed by atoms with Crippen molar-refractivity contribution < 1.29 is 19.1 Å². The van der Waals surface area contributed by atoms with E-state index < -0.39 is 5.97 Å². The lowest BCUT2D eigenvalue weighted by molar-refractivity contribution is 0.0599. The van der Waals surface area contributed by atoms with Gasteiger partial charge in [0.25, 0.3) is 5.91 Å². The van der Waals surface area contributed by atoms with Crippen molar-refractivity contribution in [2.75, 3.05) is 20.3 Å². The summed E-state index contributed by atoms with van der Waals surface area (Å²) in [5.74, 6) is -0.0750. The number of aromatic amines is 1. The smallest absolute Gasteiger partial charge is 0.339 e.